The summed E-state index contributed by atoms with van der Waals surface area (Å²) in [4.78, 5) is 16.1. The molecular formula is C9H10N2O2. The molecule has 0 saturated heterocycles. The van der Waals surface area contributed by atoms with Crippen LogP contribution in [0.4, 0.5) is 0 Å². The van der Waals surface area contributed by atoms with Gasteiger partial charge >= 0.3 is 0 Å². The predicted octanol–water partition coefficient (Wildman–Crippen LogP) is 0.124. The second-order valence-corrected chi connectivity index (χ2v) is 3.47. The van der Waals surface area contributed by atoms with E-state index in [0.29, 0.717) is 12.5 Å². The molecule has 4 heteroatoms. The van der Waals surface area contributed by atoms with Crippen molar-refractivity contribution in [1.29, 1.82) is 0 Å². The summed E-state index contributed by atoms with van der Waals surface area (Å²) in [5.74, 6) is 1.48. The van der Waals surface area contributed by atoms with Gasteiger partial charge in [-0.1, -0.05) is 0 Å². The van der Waals surface area contributed by atoms with E-state index in [0.717, 1.165) is 37.2 Å². The number of aromatic nitrogens is 2. The molecule has 0 amide bonds. The molecule has 0 spiro atoms. The standard InChI is InChI=1S/C9H10N2O2/c12-9-6-3-5-13-8(6)10-7-2-1-4-11(7)9/h1-5H2. The van der Waals surface area contributed by atoms with Crippen molar-refractivity contribution in [2.75, 3.05) is 6.61 Å². The molecule has 13 heavy (non-hydrogen) atoms. The van der Waals surface area contributed by atoms with Crippen LogP contribution in [0, 0.1) is 0 Å². The van der Waals surface area contributed by atoms with Gasteiger partial charge in [-0.25, -0.2) is 0 Å². The minimum absolute atomic E-state index is 0.120. The number of hydrogen-bond donors (Lipinski definition) is 0. The van der Waals surface area contributed by atoms with Crippen LogP contribution in [0.2, 0.25) is 0 Å². The molecule has 1 aromatic rings. The first kappa shape index (κ1) is 7.12. The minimum Gasteiger partial charge on any atom is -0.477 e. The maximum Gasteiger partial charge on any atom is 0.260 e. The fourth-order valence-corrected chi connectivity index (χ4v) is 2.02. The third-order valence-corrected chi connectivity index (χ3v) is 2.68. The molecule has 0 aromatic carbocycles. The predicted molar refractivity (Wildman–Crippen MR) is 46.0 cm³/mol. The molecular weight excluding hydrogens is 168 g/mol. The van der Waals surface area contributed by atoms with Crippen molar-refractivity contribution >= 4 is 0 Å². The van der Waals surface area contributed by atoms with Gasteiger partial charge in [0.25, 0.3) is 5.56 Å². The molecule has 0 fully saturated rings. The summed E-state index contributed by atoms with van der Waals surface area (Å²) in [6, 6.07) is 0. The Hall–Kier alpha value is -1.32. The molecule has 68 valence electrons. The Morgan fingerprint density at radius 2 is 2.31 bits per heavy atom. The summed E-state index contributed by atoms with van der Waals surface area (Å²) in [6.45, 7) is 1.44. The maximum absolute atomic E-state index is 11.8. The highest BCUT2D eigenvalue weighted by Gasteiger charge is 2.23. The van der Waals surface area contributed by atoms with Gasteiger partial charge in [0.1, 0.15) is 5.82 Å². The van der Waals surface area contributed by atoms with Crippen LogP contribution in [-0.4, -0.2) is 16.2 Å². The molecule has 0 atom stereocenters. The van der Waals surface area contributed by atoms with E-state index in [1.54, 1.807) is 4.57 Å². The molecule has 1 aromatic heterocycles. The Bertz CT molecular complexity index is 387. The van der Waals surface area contributed by atoms with Gasteiger partial charge in [0.05, 0.1) is 12.2 Å². The average molecular weight is 178 g/mol. The molecule has 0 unspecified atom stereocenters. The summed E-state index contributed by atoms with van der Waals surface area (Å²) in [5.41, 5.74) is 0.889. The second kappa shape index (κ2) is 2.34. The Labute approximate surface area is 75.2 Å². The van der Waals surface area contributed by atoms with E-state index in [1.807, 2.05) is 0 Å². The lowest BCUT2D eigenvalue weighted by molar-refractivity contribution is 0.343. The van der Waals surface area contributed by atoms with Crippen LogP contribution in [0.1, 0.15) is 17.8 Å². The molecule has 0 N–H and O–H groups in total. The van der Waals surface area contributed by atoms with Crippen LogP contribution in [0.25, 0.3) is 0 Å². The third kappa shape index (κ3) is 0.855. The first-order valence-electron chi connectivity index (χ1n) is 4.61. The van der Waals surface area contributed by atoms with Gasteiger partial charge in [-0.3, -0.25) is 9.36 Å². The lowest BCUT2D eigenvalue weighted by Crippen LogP contribution is -2.23. The molecule has 3 rings (SSSR count). The molecule has 0 bridgehead atoms. The lowest BCUT2D eigenvalue weighted by Gasteiger charge is -2.03. The summed E-state index contributed by atoms with van der Waals surface area (Å²) in [6.07, 6.45) is 2.67. The fraction of sp³-hybridized carbons (Fsp3) is 0.556. The molecule has 2 aliphatic heterocycles. The van der Waals surface area contributed by atoms with E-state index in [4.69, 9.17) is 4.74 Å². The Balaban J connectivity index is 2.33. The lowest BCUT2D eigenvalue weighted by atomic mass is 10.2. The summed E-state index contributed by atoms with van der Waals surface area (Å²) in [7, 11) is 0. The topological polar surface area (TPSA) is 44.1 Å². The van der Waals surface area contributed by atoms with E-state index in [2.05, 4.69) is 4.98 Å². The SMILES string of the molecule is O=c1c2c(nc3n1CCC3)OCC2. The number of hydrogen-bond acceptors (Lipinski definition) is 3. The monoisotopic (exact) mass is 178 g/mol. The normalized spacial score (nSPS) is 18.2. The quantitative estimate of drug-likeness (QED) is 0.567. The highest BCUT2D eigenvalue weighted by Crippen LogP contribution is 2.21. The van der Waals surface area contributed by atoms with Crippen LogP contribution in [-0.2, 0) is 19.4 Å². The zero-order chi connectivity index (χ0) is 8.84. The largest absolute Gasteiger partial charge is 0.477 e. The van der Waals surface area contributed by atoms with Gasteiger partial charge in [-0.2, -0.15) is 4.98 Å². The van der Waals surface area contributed by atoms with Crippen molar-refractivity contribution < 1.29 is 4.74 Å². The number of ether oxygens (including phenoxy) is 1. The van der Waals surface area contributed by atoms with Gasteiger partial charge in [0, 0.05) is 19.4 Å². The van der Waals surface area contributed by atoms with Crippen molar-refractivity contribution in [3.8, 4) is 5.88 Å². The summed E-state index contributed by atoms with van der Waals surface area (Å²) < 4.78 is 7.07. The fourth-order valence-electron chi connectivity index (χ4n) is 2.02. The number of nitrogens with zero attached hydrogens (tertiary/aromatic N) is 2. The van der Waals surface area contributed by atoms with Crippen molar-refractivity contribution in [3.05, 3.63) is 21.7 Å². The number of rotatable bonds is 0. The van der Waals surface area contributed by atoms with Crippen LogP contribution >= 0.6 is 0 Å². The maximum atomic E-state index is 11.8. The van der Waals surface area contributed by atoms with Crippen molar-refractivity contribution in [2.45, 2.75) is 25.8 Å². The van der Waals surface area contributed by atoms with Crippen LogP contribution in [0.3, 0.4) is 0 Å². The Morgan fingerprint density at radius 3 is 3.23 bits per heavy atom. The van der Waals surface area contributed by atoms with Gasteiger partial charge in [-0.05, 0) is 6.42 Å². The van der Waals surface area contributed by atoms with E-state index in [1.165, 1.54) is 0 Å². The molecule has 0 saturated carbocycles. The van der Waals surface area contributed by atoms with E-state index < -0.39 is 0 Å². The highest BCUT2D eigenvalue weighted by atomic mass is 16.5. The van der Waals surface area contributed by atoms with Gasteiger partial charge in [0.2, 0.25) is 5.88 Å². The van der Waals surface area contributed by atoms with Crippen molar-refractivity contribution in [2.24, 2.45) is 0 Å². The van der Waals surface area contributed by atoms with Crippen LogP contribution < -0.4 is 10.3 Å². The second-order valence-electron chi connectivity index (χ2n) is 3.47. The van der Waals surface area contributed by atoms with E-state index in [9.17, 15) is 4.79 Å². The molecule has 0 aliphatic carbocycles. The average Bonchev–Trinajstić information content (AvgIpc) is 2.71. The molecule has 3 heterocycles. The minimum atomic E-state index is 0.120. The summed E-state index contributed by atoms with van der Waals surface area (Å²) in [5, 5.41) is 0. The molecule has 0 radical (unpaired) electrons. The zero-order valence-electron chi connectivity index (χ0n) is 7.25. The van der Waals surface area contributed by atoms with Gasteiger partial charge < -0.3 is 4.74 Å². The van der Waals surface area contributed by atoms with Gasteiger partial charge in [-0.15, -0.1) is 0 Å². The molecule has 4 nitrogen and oxygen atoms in total. The van der Waals surface area contributed by atoms with Gasteiger partial charge in [0.15, 0.2) is 0 Å². The summed E-state index contributed by atoms with van der Waals surface area (Å²) >= 11 is 0. The van der Waals surface area contributed by atoms with Crippen LogP contribution in [0.5, 0.6) is 5.88 Å². The van der Waals surface area contributed by atoms with E-state index in [-0.39, 0.29) is 5.56 Å². The smallest absolute Gasteiger partial charge is 0.260 e. The highest BCUT2D eigenvalue weighted by molar-refractivity contribution is 5.28. The van der Waals surface area contributed by atoms with Crippen molar-refractivity contribution in [3.63, 3.8) is 0 Å². The number of aryl methyl sites for hydroxylation is 1. The Kier molecular flexibility index (Phi) is 1.28. The Morgan fingerprint density at radius 1 is 1.38 bits per heavy atom. The zero-order valence-corrected chi connectivity index (χ0v) is 7.25. The van der Waals surface area contributed by atoms with Crippen molar-refractivity contribution in [1.82, 2.24) is 9.55 Å². The molecule has 2 aliphatic rings. The third-order valence-electron chi connectivity index (χ3n) is 2.68. The first-order valence-corrected chi connectivity index (χ1v) is 4.61. The van der Waals surface area contributed by atoms with E-state index >= 15 is 0 Å². The number of fused-ring (bicyclic) bond motifs is 2. The first-order chi connectivity index (χ1) is 6.36. The van der Waals surface area contributed by atoms with Crippen LogP contribution in [0.15, 0.2) is 4.79 Å².